The molecule has 4 aromatic carbocycles. The van der Waals surface area contributed by atoms with E-state index in [1.165, 1.54) is 31.5 Å². The number of hydrogen-bond donors (Lipinski definition) is 1. The zero-order chi connectivity index (χ0) is 29.9. The summed E-state index contributed by atoms with van der Waals surface area (Å²) in [5.41, 5.74) is 1.13. The second kappa shape index (κ2) is 11.9. The van der Waals surface area contributed by atoms with Gasteiger partial charge in [0.2, 0.25) is 5.82 Å². The monoisotopic (exact) mass is 640 g/mol. The number of nitrogens with zero attached hydrogens (tertiary/aromatic N) is 3. The number of furan rings is 1. The molecule has 0 unspecified atom stereocenters. The van der Waals surface area contributed by atoms with Crippen molar-refractivity contribution < 1.29 is 23.1 Å². The van der Waals surface area contributed by atoms with Crippen molar-refractivity contribution in [3.05, 3.63) is 117 Å². The summed E-state index contributed by atoms with van der Waals surface area (Å²) in [6.07, 6.45) is 1.40. The fraction of sp³-hybridized carbons (Fsp3) is 0.0625. The van der Waals surface area contributed by atoms with E-state index in [2.05, 4.69) is 26.3 Å². The number of rotatable bonds is 8. The molecule has 0 aliphatic heterocycles. The van der Waals surface area contributed by atoms with Gasteiger partial charge < -0.3 is 19.2 Å². The highest BCUT2D eigenvalue weighted by molar-refractivity contribution is 9.10. The summed E-state index contributed by atoms with van der Waals surface area (Å²) < 4.78 is 33.2. The first-order valence-corrected chi connectivity index (χ1v) is 13.8. The molecule has 0 atom stereocenters. The van der Waals surface area contributed by atoms with Crippen LogP contribution in [-0.4, -0.2) is 35.5 Å². The zero-order valence-electron chi connectivity index (χ0n) is 22.6. The molecule has 1 amide bonds. The minimum Gasteiger partial charge on any atom is -0.493 e. The third kappa shape index (κ3) is 5.75. The first-order chi connectivity index (χ1) is 20.9. The predicted octanol–water partition coefficient (Wildman–Crippen LogP) is 6.62. The van der Waals surface area contributed by atoms with Crippen LogP contribution < -0.4 is 20.3 Å². The van der Waals surface area contributed by atoms with Gasteiger partial charge in [0.1, 0.15) is 11.4 Å². The van der Waals surface area contributed by atoms with Gasteiger partial charge >= 0.3 is 0 Å². The minimum atomic E-state index is -0.583. The number of amides is 1. The van der Waals surface area contributed by atoms with Gasteiger partial charge in [0, 0.05) is 15.4 Å². The molecular weight excluding hydrogens is 619 g/mol. The molecule has 0 saturated carbocycles. The fourth-order valence-corrected chi connectivity index (χ4v) is 4.93. The van der Waals surface area contributed by atoms with Crippen LogP contribution in [0.15, 0.2) is 110 Å². The summed E-state index contributed by atoms with van der Waals surface area (Å²) >= 11 is 3.45. The Morgan fingerprint density at radius 2 is 1.84 bits per heavy atom. The number of nitrogens with one attached hydrogen (secondary N) is 1. The second-order valence-corrected chi connectivity index (χ2v) is 10.2. The lowest BCUT2D eigenvalue weighted by Crippen LogP contribution is -2.21. The Hall–Kier alpha value is -5.29. The summed E-state index contributed by atoms with van der Waals surface area (Å²) in [5.74, 6) is -0.111. The van der Waals surface area contributed by atoms with Gasteiger partial charge in [-0.05, 0) is 48.5 Å². The smallest absolute Gasteiger partial charge is 0.282 e. The van der Waals surface area contributed by atoms with Crippen LogP contribution in [0, 0.1) is 5.82 Å². The van der Waals surface area contributed by atoms with E-state index in [1.54, 1.807) is 48.5 Å². The number of aromatic nitrogens is 2. The summed E-state index contributed by atoms with van der Waals surface area (Å²) in [6.45, 7) is -0.450. The second-order valence-electron chi connectivity index (χ2n) is 9.31. The van der Waals surface area contributed by atoms with Gasteiger partial charge in [-0.25, -0.2) is 9.37 Å². The van der Waals surface area contributed by atoms with Crippen molar-refractivity contribution in [2.45, 2.75) is 0 Å². The van der Waals surface area contributed by atoms with Crippen LogP contribution in [0.4, 0.5) is 10.1 Å². The van der Waals surface area contributed by atoms with Gasteiger partial charge in [0.05, 0.1) is 29.9 Å². The van der Waals surface area contributed by atoms with E-state index in [0.717, 1.165) is 10.1 Å². The van der Waals surface area contributed by atoms with Crippen molar-refractivity contribution in [1.82, 2.24) is 9.66 Å². The van der Waals surface area contributed by atoms with Gasteiger partial charge in [-0.1, -0.05) is 58.4 Å². The number of carbonyl (C=O) groups is 1. The van der Waals surface area contributed by atoms with Crippen molar-refractivity contribution in [3.63, 3.8) is 0 Å². The van der Waals surface area contributed by atoms with Crippen LogP contribution in [0.2, 0.25) is 0 Å². The van der Waals surface area contributed by atoms with Crippen LogP contribution >= 0.6 is 15.9 Å². The highest BCUT2D eigenvalue weighted by Crippen LogP contribution is 2.34. The van der Waals surface area contributed by atoms with Gasteiger partial charge in [-0.2, -0.15) is 9.78 Å². The van der Waals surface area contributed by atoms with Crippen LogP contribution in [0.3, 0.4) is 0 Å². The normalized spacial score (nSPS) is 11.3. The maximum Gasteiger partial charge on any atom is 0.282 e. The summed E-state index contributed by atoms with van der Waals surface area (Å²) in [7, 11) is 1.45. The van der Waals surface area contributed by atoms with E-state index in [0.29, 0.717) is 38.0 Å². The molecule has 0 fully saturated rings. The molecule has 1 N–H and O–H groups in total. The topological polar surface area (TPSA) is 108 Å². The van der Waals surface area contributed by atoms with Gasteiger partial charge in [0.25, 0.3) is 11.5 Å². The third-order valence-electron chi connectivity index (χ3n) is 6.48. The number of carbonyl (C=O) groups excluding carboxylic acids is 1. The zero-order valence-corrected chi connectivity index (χ0v) is 24.2. The summed E-state index contributed by atoms with van der Waals surface area (Å²) in [5, 5.41) is 8.20. The van der Waals surface area contributed by atoms with Crippen molar-refractivity contribution in [2.75, 3.05) is 19.0 Å². The number of halogens is 2. The SMILES string of the molecule is COc1cc(Br)cc(C=Nn2c(-c3cc4ccccc4o3)nc3ccccc3c2=O)c1OCC(=O)Nc1ccccc1F. The maximum atomic E-state index is 14.0. The molecule has 0 bridgehead atoms. The predicted molar refractivity (Wildman–Crippen MR) is 165 cm³/mol. The van der Waals surface area contributed by atoms with E-state index in [9.17, 15) is 14.0 Å². The molecule has 43 heavy (non-hydrogen) atoms. The lowest BCUT2D eigenvalue weighted by atomic mass is 10.2. The highest BCUT2D eigenvalue weighted by Gasteiger charge is 2.18. The Bertz CT molecular complexity index is 2060. The lowest BCUT2D eigenvalue weighted by Gasteiger charge is -2.14. The van der Waals surface area contributed by atoms with Crippen molar-refractivity contribution in [1.29, 1.82) is 0 Å². The summed E-state index contributed by atoms with van der Waals surface area (Å²) in [6, 6.07) is 25.4. The molecule has 0 spiro atoms. The number of ether oxygens (including phenoxy) is 2. The molecule has 0 radical (unpaired) electrons. The third-order valence-corrected chi connectivity index (χ3v) is 6.93. The molecule has 2 aromatic heterocycles. The number of benzene rings is 4. The van der Waals surface area contributed by atoms with Crippen LogP contribution in [0.1, 0.15) is 5.56 Å². The standard InChI is InChI=1S/C32H22BrFN4O5/c1-41-27-16-21(33)14-20(30(27)42-18-29(39)36-25-12-6-4-10-23(25)34)17-35-38-31(28-15-19-8-2-7-13-26(19)43-28)37-24-11-5-3-9-22(24)32(38)40/h2-17H,18H2,1H3,(H,36,39). The first kappa shape index (κ1) is 27.9. The molecule has 214 valence electrons. The van der Waals surface area contributed by atoms with Gasteiger partial charge in [-0.3, -0.25) is 9.59 Å². The molecular formula is C32H22BrFN4O5. The van der Waals surface area contributed by atoms with E-state index in [-0.39, 0.29) is 17.3 Å². The molecule has 11 heteroatoms. The lowest BCUT2D eigenvalue weighted by molar-refractivity contribution is -0.118. The van der Waals surface area contributed by atoms with E-state index >= 15 is 0 Å². The van der Waals surface area contributed by atoms with Crippen molar-refractivity contribution in [3.8, 4) is 23.1 Å². The molecule has 6 aromatic rings. The van der Waals surface area contributed by atoms with E-state index in [1.807, 2.05) is 24.3 Å². The minimum absolute atomic E-state index is 0.0296. The Labute approximate surface area is 252 Å². The molecule has 9 nitrogen and oxygen atoms in total. The van der Waals surface area contributed by atoms with Crippen LogP contribution in [-0.2, 0) is 4.79 Å². The van der Waals surface area contributed by atoms with E-state index < -0.39 is 23.9 Å². The molecule has 2 heterocycles. The average Bonchev–Trinajstić information content (AvgIpc) is 3.45. The fourth-order valence-electron chi connectivity index (χ4n) is 4.48. The van der Waals surface area contributed by atoms with Crippen molar-refractivity contribution in [2.24, 2.45) is 5.10 Å². The maximum absolute atomic E-state index is 14.0. The Morgan fingerprint density at radius 3 is 2.65 bits per heavy atom. The molecule has 0 saturated heterocycles. The largest absolute Gasteiger partial charge is 0.493 e. The Balaban J connectivity index is 1.40. The average molecular weight is 641 g/mol. The molecule has 0 aliphatic rings. The van der Waals surface area contributed by atoms with E-state index in [4.69, 9.17) is 18.9 Å². The van der Waals surface area contributed by atoms with Crippen LogP contribution in [0.5, 0.6) is 11.5 Å². The molecule has 6 rings (SSSR count). The number of methoxy groups -OCH3 is 1. The Kier molecular flexibility index (Phi) is 7.71. The number of anilines is 1. The van der Waals surface area contributed by atoms with Crippen molar-refractivity contribution >= 4 is 55.6 Å². The molecule has 0 aliphatic carbocycles. The number of para-hydroxylation sites is 3. The number of hydrogen-bond acceptors (Lipinski definition) is 7. The number of fused-ring (bicyclic) bond motifs is 2. The quantitative estimate of drug-likeness (QED) is 0.187. The first-order valence-electron chi connectivity index (χ1n) is 13.0. The highest BCUT2D eigenvalue weighted by atomic mass is 79.9. The van der Waals surface area contributed by atoms with Crippen LogP contribution in [0.25, 0.3) is 33.5 Å². The van der Waals surface area contributed by atoms with Gasteiger partial charge in [-0.15, -0.1) is 0 Å². The van der Waals surface area contributed by atoms with Gasteiger partial charge in [0.15, 0.2) is 23.9 Å². The Morgan fingerprint density at radius 1 is 1.07 bits per heavy atom. The summed E-state index contributed by atoms with van der Waals surface area (Å²) in [4.78, 5) is 31.0.